The largest absolute Gasteiger partial charge is 0.433 e. The van der Waals surface area contributed by atoms with Crippen molar-refractivity contribution in [1.29, 1.82) is 0 Å². The average Bonchev–Trinajstić information content (AvgIpc) is 2.61. The first-order chi connectivity index (χ1) is 14.0. The van der Waals surface area contributed by atoms with Gasteiger partial charge in [0, 0.05) is 14.1 Å². The van der Waals surface area contributed by atoms with Crippen LogP contribution in [-0.4, -0.2) is 39.7 Å². The zero-order chi connectivity index (χ0) is 23.8. The van der Waals surface area contributed by atoms with E-state index in [1.54, 1.807) is 0 Å². The second kappa shape index (κ2) is 8.33. The topological polar surface area (TPSA) is 105 Å². The first-order valence-electron chi connectivity index (χ1n) is 8.87. The van der Waals surface area contributed by atoms with E-state index in [1.807, 2.05) is 4.72 Å². The Kier molecular flexibility index (Phi) is 6.55. The van der Waals surface area contributed by atoms with Gasteiger partial charge in [-0.15, -0.1) is 0 Å². The Balaban J connectivity index is 2.54. The number of primary amides is 1. The van der Waals surface area contributed by atoms with E-state index >= 15 is 0 Å². The van der Waals surface area contributed by atoms with Crippen LogP contribution in [0.1, 0.15) is 23.7 Å². The minimum atomic E-state index is -4.65. The Morgan fingerprint density at radius 1 is 1.19 bits per heavy atom. The third-order valence-corrected chi connectivity index (χ3v) is 5.25. The number of amides is 1. The first kappa shape index (κ1) is 24.4. The maximum Gasteiger partial charge on any atom is 0.433 e. The smallest absolute Gasteiger partial charge is 0.369 e. The van der Waals surface area contributed by atoms with Gasteiger partial charge in [0.25, 0.3) is 0 Å². The van der Waals surface area contributed by atoms with Crippen LogP contribution in [0.15, 0.2) is 30.3 Å². The molecule has 0 radical (unpaired) electrons. The maximum atomic E-state index is 14.5. The predicted octanol–water partition coefficient (Wildman–Crippen LogP) is 2.66. The number of hydrogen-bond acceptors (Lipinski definition) is 5. The standard InChI is InChI=1S/C19H22F4N4O3S/c1-18(17(24)28,12-6-7-14(13(20)9-12)26-31(4,29)30)10-11-5-8-15(19(21,22)23)25-16(11)27(2)3/h5-9,26H,10H2,1-4H3,(H2,24,28). The molecular formula is C19H22F4N4O3S. The predicted molar refractivity (Wildman–Crippen MR) is 109 cm³/mol. The highest BCUT2D eigenvalue weighted by Crippen LogP contribution is 2.35. The summed E-state index contributed by atoms with van der Waals surface area (Å²) >= 11 is 0. The molecule has 0 spiro atoms. The highest BCUT2D eigenvalue weighted by molar-refractivity contribution is 7.92. The van der Waals surface area contributed by atoms with Crippen LogP contribution < -0.4 is 15.4 Å². The third kappa shape index (κ3) is 5.63. The number of carbonyl (C=O) groups is 1. The van der Waals surface area contributed by atoms with Crippen molar-refractivity contribution in [1.82, 2.24) is 4.98 Å². The van der Waals surface area contributed by atoms with Gasteiger partial charge in [0.05, 0.1) is 17.4 Å². The number of benzene rings is 1. The second-order valence-electron chi connectivity index (χ2n) is 7.51. The number of alkyl halides is 3. The first-order valence-corrected chi connectivity index (χ1v) is 10.8. The Bertz CT molecular complexity index is 1100. The summed E-state index contributed by atoms with van der Waals surface area (Å²) in [5, 5.41) is 0. The molecule has 7 nitrogen and oxygen atoms in total. The van der Waals surface area contributed by atoms with Gasteiger partial charge in [0.1, 0.15) is 17.3 Å². The summed E-state index contributed by atoms with van der Waals surface area (Å²) < 4.78 is 78.3. The second-order valence-corrected chi connectivity index (χ2v) is 9.26. The van der Waals surface area contributed by atoms with Crippen LogP contribution >= 0.6 is 0 Å². The molecule has 12 heteroatoms. The Labute approximate surface area is 177 Å². The van der Waals surface area contributed by atoms with E-state index in [0.29, 0.717) is 0 Å². The van der Waals surface area contributed by atoms with Crippen molar-refractivity contribution in [2.45, 2.75) is 24.9 Å². The van der Waals surface area contributed by atoms with Gasteiger partial charge in [-0.3, -0.25) is 9.52 Å². The van der Waals surface area contributed by atoms with Gasteiger partial charge in [-0.25, -0.2) is 17.8 Å². The monoisotopic (exact) mass is 462 g/mol. The summed E-state index contributed by atoms with van der Waals surface area (Å²) in [7, 11) is -0.734. The summed E-state index contributed by atoms with van der Waals surface area (Å²) in [6, 6.07) is 5.43. The van der Waals surface area contributed by atoms with E-state index < -0.39 is 39.0 Å². The van der Waals surface area contributed by atoms with Gasteiger partial charge in [-0.05, 0) is 42.7 Å². The molecule has 0 aliphatic rings. The van der Waals surface area contributed by atoms with Gasteiger partial charge >= 0.3 is 6.18 Å². The van der Waals surface area contributed by atoms with Crippen molar-refractivity contribution in [3.05, 3.63) is 53.0 Å². The normalized spacial score (nSPS) is 14.1. The molecule has 0 aliphatic heterocycles. The molecule has 31 heavy (non-hydrogen) atoms. The fraction of sp³-hybridized carbons (Fsp3) is 0.368. The lowest BCUT2D eigenvalue weighted by molar-refractivity contribution is -0.141. The highest BCUT2D eigenvalue weighted by atomic mass is 32.2. The van der Waals surface area contributed by atoms with E-state index in [9.17, 15) is 30.8 Å². The quantitative estimate of drug-likeness (QED) is 0.616. The summed E-state index contributed by atoms with van der Waals surface area (Å²) in [5.41, 5.74) is 3.07. The fourth-order valence-electron chi connectivity index (χ4n) is 3.01. The number of rotatable bonds is 7. The van der Waals surface area contributed by atoms with Crippen LogP contribution in [0.5, 0.6) is 0 Å². The third-order valence-electron chi connectivity index (χ3n) is 4.66. The highest BCUT2D eigenvalue weighted by Gasteiger charge is 2.37. The number of aromatic nitrogens is 1. The number of carbonyl (C=O) groups excluding carboxylic acids is 1. The minimum absolute atomic E-state index is 0.0156. The van der Waals surface area contributed by atoms with Gasteiger partial charge in [-0.2, -0.15) is 13.2 Å². The molecule has 1 aromatic heterocycles. The lowest BCUT2D eigenvalue weighted by Gasteiger charge is -2.29. The molecule has 0 saturated heterocycles. The van der Waals surface area contributed by atoms with E-state index in [0.717, 1.165) is 24.5 Å². The SMILES string of the molecule is CN(C)c1nc(C(F)(F)F)ccc1CC(C)(C(N)=O)c1ccc(NS(C)(=O)=O)c(F)c1. The molecule has 0 fully saturated rings. The lowest BCUT2D eigenvalue weighted by atomic mass is 9.76. The van der Waals surface area contributed by atoms with E-state index in [-0.39, 0.29) is 29.1 Å². The molecule has 1 atom stereocenters. The molecule has 1 aromatic carbocycles. The minimum Gasteiger partial charge on any atom is -0.369 e. The number of anilines is 2. The lowest BCUT2D eigenvalue weighted by Crippen LogP contribution is -2.41. The van der Waals surface area contributed by atoms with E-state index in [1.165, 1.54) is 38.1 Å². The van der Waals surface area contributed by atoms with Crippen molar-refractivity contribution in [3.63, 3.8) is 0 Å². The number of halogens is 4. The average molecular weight is 462 g/mol. The Hall–Kier alpha value is -2.89. The van der Waals surface area contributed by atoms with E-state index in [4.69, 9.17) is 5.73 Å². The van der Waals surface area contributed by atoms with Crippen molar-refractivity contribution in [2.75, 3.05) is 30.0 Å². The summed E-state index contributed by atoms with van der Waals surface area (Å²) in [5.74, 6) is -1.80. The van der Waals surface area contributed by atoms with Crippen molar-refractivity contribution in [2.24, 2.45) is 5.73 Å². The molecule has 1 heterocycles. The summed E-state index contributed by atoms with van der Waals surface area (Å²) in [4.78, 5) is 17.4. The van der Waals surface area contributed by atoms with Crippen LogP contribution in [0.2, 0.25) is 0 Å². The van der Waals surface area contributed by atoms with Gasteiger partial charge < -0.3 is 10.6 Å². The molecule has 0 saturated carbocycles. The molecule has 2 aromatic rings. The molecule has 2 rings (SSSR count). The molecule has 3 N–H and O–H groups in total. The summed E-state index contributed by atoms with van der Waals surface area (Å²) in [6.45, 7) is 1.42. The van der Waals surface area contributed by atoms with Crippen LogP contribution in [0, 0.1) is 5.82 Å². The van der Waals surface area contributed by atoms with Crippen molar-refractivity contribution >= 4 is 27.4 Å². The molecular weight excluding hydrogens is 440 g/mol. The van der Waals surface area contributed by atoms with Crippen molar-refractivity contribution in [3.8, 4) is 0 Å². The van der Waals surface area contributed by atoms with Crippen LogP contribution in [0.25, 0.3) is 0 Å². The summed E-state index contributed by atoms with van der Waals surface area (Å²) in [6.07, 6.45) is -3.96. The molecule has 170 valence electrons. The van der Waals surface area contributed by atoms with Crippen molar-refractivity contribution < 1.29 is 30.8 Å². The fourth-order valence-corrected chi connectivity index (χ4v) is 3.58. The van der Waals surface area contributed by atoms with E-state index in [2.05, 4.69) is 4.98 Å². The number of nitrogens with zero attached hydrogens (tertiary/aromatic N) is 2. The van der Waals surface area contributed by atoms with Gasteiger partial charge in [0.15, 0.2) is 0 Å². The number of pyridine rings is 1. The maximum absolute atomic E-state index is 14.5. The van der Waals surface area contributed by atoms with Gasteiger partial charge in [-0.1, -0.05) is 12.1 Å². The zero-order valence-electron chi connectivity index (χ0n) is 17.2. The molecule has 0 bridgehead atoms. The zero-order valence-corrected chi connectivity index (χ0v) is 18.0. The number of nitrogens with two attached hydrogens (primary N) is 1. The van der Waals surface area contributed by atoms with Crippen LogP contribution in [-0.2, 0) is 32.8 Å². The number of sulfonamides is 1. The molecule has 1 unspecified atom stereocenters. The van der Waals surface area contributed by atoms with Crippen LogP contribution in [0.4, 0.5) is 29.1 Å². The molecule has 1 amide bonds. The Morgan fingerprint density at radius 2 is 1.81 bits per heavy atom. The number of hydrogen-bond donors (Lipinski definition) is 2. The van der Waals surface area contributed by atoms with Gasteiger partial charge in [0.2, 0.25) is 15.9 Å². The van der Waals surface area contributed by atoms with Crippen LogP contribution in [0.3, 0.4) is 0 Å². The molecule has 0 aliphatic carbocycles. The number of nitrogens with one attached hydrogen (secondary N) is 1. The Morgan fingerprint density at radius 3 is 2.26 bits per heavy atom.